The van der Waals surface area contributed by atoms with Crippen molar-refractivity contribution in [2.24, 2.45) is 5.10 Å². The van der Waals surface area contributed by atoms with Crippen LogP contribution in [0.1, 0.15) is 5.56 Å². The average molecular weight is 518 g/mol. The number of anilines is 1. The number of carbonyl (C=O) groups excluding carboxylic acids is 2. The summed E-state index contributed by atoms with van der Waals surface area (Å²) in [5.41, 5.74) is 1.78. The number of carbonyl (C=O) groups is 2. The number of nitrogens with one attached hydrogen (secondary N) is 2. The van der Waals surface area contributed by atoms with Gasteiger partial charge in [0.25, 0.3) is 5.69 Å². The van der Waals surface area contributed by atoms with Gasteiger partial charge in [0.2, 0.25) is 5.75 Å². The van der Waals surface area contributed by atoms with Crippen LogP contribution in [0.15, 0.2) is 65.8 Å². The van der Waals surface area contributed by atoms with E-state index in [1.807, 2.05) is 0 Å². The Kier molecular flexibility index (Phi) is 7.92. The molecule has 0 bridgehead atoms. The van der Waals surface area contributed by atoms with Crippen molar-refractivity contribution >= 4 is 58.3 Å². The number of ether oxygens (including phenoxy) is 1. The smallest absolute Gasteiger partial charge is 0.329 e. The molecular weight excluding hydrogens is 505 g/mol. The molecule has 3 aromatic rings. The van der Waals surface area contributed by atoms with Gasteiger partial charge in [-0.15, -0.1) is 0 Å². The molecule has 3 aromatic carbocycles. The van der Waals surface area contributed by atoms with Crippen LogP contribution in [0, 0.1) is 20.2 Å². The van der Waals surface area contributed by atoms with Gasteiger partial charge < -0.3 is 10.1 Å². The molecule has 0 aliphatic rings. The minimum Gasteiger partial charge on any atom is -0.450 e. The van der Waals surface area contributed by atoms with E-state index >= 15 is 0 Å². The Balaban J connectivity index is 1.60. The van der Waals surface area contributed by atoms with Gasteiger partial charge >= 0.3 is 17.5 Å². The molecule has 0 fully saturated rings. The second-order valence-electron chi connectivity index (χ2n) is 6.65. The zero-order chi connectivity index (χ0) is 25.5. The van der Waals surface area contributed by atoms with E-state index in [1.54, 1.807) is 0 Å². The highest BCUT2D eigenvalue weighted by atomic mass is 35.5. The average Bonchev–Trinajstić information content (AvgIpc) is 2.79. The summed E-state index contributed by atoms with van der Waals surface area (Å²) >= 11 is 11.7. The minimum atomic E-state index is -1.04. The maximum Gasteiger partial charge on any atom is 0.329 e. The molecule has 3 rings (SSSR count). The van der Waals surface area contributed by atoms with Crippen molar-refractivity contribution in [2.75, 3.05) is 5.32 Å². The number of benzene rings is 3. The maximum atomic E-state index is 11.9. The lowest BCUT2D eigenvalue weighted by Crippen LogP contribution is -2.32. The van der Waals surface area contributed by atoms with E-state index in [0.29, 0.717) is 5.56 Å². The third-order valence-corrected chi connectivity index (χ3v) is 4.60. The Hall–Kier alpha value is -4.55. The second-order valence-corrected chi connectivity index (χ2v) is 7.52. The number of rotatable bonds is 7. The first-order valence-electron chi connectivity index (χ1n) is 9.43. The number of hydrazone groups is 1. The zero-order valence-electron chi connectivity index (χ0n) is 17.3. The number of nitrogens with zero attached hydrogens (tertiary/aromatic N) is 3. The Bertz CT molecular complexity index is 1330. The van der Waals surface area contributed by atoms with Crippen LogP contribution in [0.5, 0.6) is 11.5 Å². The number of hydrogen-bond acceptors (Lipinski definition) is 8. The molecule has 0 aliphatic heterocycles. The van der Waals surface area contributed by atoms with Crippen LogP contribution in [0.2, 0.25) is 10.0 Å². The van der Waals surface area contributed by atoms with Crippen molar-refractivity contribution in [3.63, 3.8) is 0 Å². The Morgan fingerprint density at radius 3 is 2.14 bits per heavy atom. The quantitative estimate of drug-likeness (QED) is 0.198. The molecule has 0 aliphatic carbocycles. The fourth-order valence-corrected chi connectivity index (χ4v) is 3.15. The topological polar surface area (TPSA) is 166 Å². The maximum absolute atomic E-state index is 11.9. The van der Waals surface area contributed by atoms with E-state index < -0.39 is 33.0 Å². The lowest BCUT2D eigenvalue weighted by Gasteiger charge is -2.06. The number of non-ortho nitro benzene ring substituents is 1. The lowest BCUT2D eigenvalue weighted by atomic mass is 10.2. The van der Waals surface area contributed by atoms with Gasteiger partial charge in [-0.25, -0.2) is 5.43 Å². The van der Waals surface area contributed by atoms with Crippen molar-refractivity contribution in [3.8, 4) is 11.5 Å². The summed E-state index contributed by atoms with van der Waals surface area (Å²) in [4.78, 5) is 44.3. The molecule has 2 amide bonds. The predicted octanol–water partition coefficient (Wildman–Crippen LogP) is 4.69. The van der Waals surface area contributed by atoms with Gasteiger partial charge in [-0.2, -0.15) is 5.10 Å². The van der Waals surface area contributed by atoms with Crippen molar-refractivity contribution in [3.05, 3.63) is 96.5 Å². The number of nitro benzene ring substituents is 2. The monoisotopic (exact) mass is 517 g/mol. The summed E-state index contributed by atoms with van der Waals surface area (Å²) in [6, 6.07) is 13.3. The number of hydrogen-bond donors (Lipinski definition) is 2. The number of halogens is 2. The summed E-state index contributed by atoms with van der Waals surface area (Å²) < 4.78 is 5.46. The Morgan fingerprint density at radius 1 is 0.886 bits per heavy atom. The van der Waals surface area contributed by atoms with Crippen LogP contribution in [0.3, 0.4) is 0 Å². The number of amides is 2. The molecule has 0 aromatic heterocycles. The number of nitro groups is 2. The summed E-state index contributed by atoms with van der Waals surface area (Å²) in [6.07, 6.45) is 1.25. The van der Waals surface area contributed by atoms with Crippen LogP contribution in [0.4, 0.5) is 17.1 Å². The first-order chi connectivity index (χ1) is 16.6. The fourth-order valence-electron chi connectivity index (χ4n) is 2.63. The van der Waals surface area contributed by atoms with E-state index in [4.69, 9.17) is 27.9 Å². The Labute approximate surface area is 206 Å². The van der Waals surface area contributed by atoms with Gasteiger partial charge in [0.05, 0.1) is 22.1 Å². The molecule has 0 spiro atoms. The second kappa shape index (κ2) is 11.0. The Morgan fingerprint density at radius 2 is 1.54 bits per heavy atom. The van der Waals surface area contributed by atoms with Gasteiger partial charge in [0.15, 0.2) is 0 Å². The molecule has 12 nitrogen and oxygen atoms in total. The standard InChI is InChI=1S/C21H13Cl2N5O7/c22-13-7-14(23)9-15(8-13)25-20(29)21(30)26-24-11-12-1-4-17(5-2-12)35-19-6-3-16(27(31)32)10-18(19)28(33)34/h1-11H,(H,25,29)(H,26,30). The molecular formula is C21H13Cl2N5O7. The van der Waals surface area contributed by atoms with E-state index in [-0.39, 0.29) is 27.2 Å². The van der Waals surface area contributed by atoms with Crippen molar-refractivity contribution in [1.82, 2.24) is 5.43 Å². The van der Waals surface area contributed by atoms with Crippen LogP contribution in [-0.2, 0) is 9.59 Å². The predicted molar refractivity (Wildman–Crippen MR) is 127 cm³/mol. The van der Waals surface area contributed by atoms with Crippen LogP contribution >= 0.6 is 23.2 Å². The molecule has 0 radical (unpaired) electrons. The molecule has 14 heteroatoms. The summed E-state index contributed by atoms with van der Waals surface area (Å²) in [6.45, 7) is 0. The highest BCUT2D eigenvalue weighted by molar-refractivity contribution is 6.40. The fraction of sp³-hybridized carbons (Fsp3) is 0. The van der Waals surface area contributed by atoms with Crippen LogP contribution in [0.25, 0.3) is 0 Å². The molecule has 0 atom stereocenters. The van der Waals surface area contributed by atoms with Gasteiger partial charge in [0, 0.05) is 21.8 Å². The van der Waals surface area contributed by atoms with E-state index in [9.17, 15) is 29.8 Å². The molecule has 0 saturated carbocycles. The SMILES string of the molecule is O=C(NN=Cc1ccc(Oc2ccc([N+](=O)[O-])cc2[N+](=O)[O-])cc1)C(=O)Nc1cc(Cl)cc(Cl)c1. The normalized spacial score (nSPS) is 10.6. The minimum absolute atomic E-state index is 0.179. The molecule has 0 unspecified atom stereocenters. The van der Waals surface area contributed by atoms with Crippen molar-refractivity contribution in [2.45, 2.75) is 0 Å². The lowest BCUT2D eigenvalue weighted by molar-refractivity contribution is -0.394. The van der Waals surface area contributed by atoms with Gasteiger partial charge in [-0.05, 0) is 54.1 Å². The summed E-state index contributed by atoms with van der Waals surface area (Å²) in [5, 5.41) is 28.6. The summed E-state index contributed by atoms with van der Waals surface area (Å²) in [7, 11) is 0. The summed E-state index contributed by atoms with van der Waals surface area (Å²) in [5.74, 6) is -2.00. The molecule has 0 heterocycles. The molecule has 178 valence electrons. The van der Waals surface area contributed by atoms with Gasteiger partial charge in [-0.3, -0.25) is 29.8 Å². The van der Waals surface area contributed by atoms with Gasteiger partial charge in [0.1, 0.15) is 5.75 Å². The largest absolute Gasteiger partial charge is 0.450 e. The van der Waals surface area contributed by atoms with Crippen molar-refractivity contribution in [1.29, 1.82) is 0 Å². The third-order valence-electron chi connectivity index (χ3n) is 4.16. The van der Waals surface area contributed by atoms with E-state index in [0.717, 1.165) is 18.2 Å². The highest BCUT2D eigenvalue weighted by Crippen LogP contribution is 2.34. The molecule has 35 heavy (non-hydrogen) atoms. The van der Waals surface area contributed by atoms with Crippen LogP contribution in [-0.4, -0.2) is 27.9 Å². The molecule has 0 saturated heterocycles. The third kappa shape index (κ3) is 6.96. The first-order valence-corrected chi connectivity index (χ1v) is 10.2. The van der Waals surface area contributed by atoms with Crippen molar-refractivity contribution < 1.29 is 24.2 Å². The highest BCUT2D eigenvalue weighted by Gasteiger charge is 2.21. The molecule has 2 N–H and O–H groups in total. The van der Waals surface area contributed by atoms with E-state index in [1.165, 1.54) is 48.7 Å². The first kappa shape index (κ1) is 25.1. The van der Waals surface area contributed by atoms with E-state index in [2.05, 4.69) is 15.8 Å². The van der Waals surface area contributed by atoms with Crippen LogP contribution < -0.4 is 15.5 Å². The zero-order valence-corrected chi connectivity index (χ0v) is 18.8. The van der Waals surface area contributed by atoms with Gasteiger partial charge in [-0.1, -0.05) is 23.2 Å².